The van der Waals surface area contributed by atoms with Crippen LogP contribution in [-0.4, -0.2) is 14.5 Å². The van der Waals surface area contributed by atoms with Gasteiger partial charge in [0.2, 0.25) is 0 Å². The molecular weight excluding hydrogens is 843 g/mol. The Hall–Kier alpha value is -5.45. The molecule has 0 N–H and O–H groups in total. The SMILES string of the molecule is [2H]C(C)(C)c1ccc2c(-c3nc4ccccc4n3-c3c(-c4ccccc4)cc(C)cc3-c3ccccc3)[c-]sc2c1.[Ir].[c-]1ccccc1-c1ccccn1. The molecule has 0 spiro atoms. The van der Waals surface area contributed by atoms with Crippen molar-refractivity contribution in [2.45, 2.75) is 26.7 Å². The first-order valence-electron chi connectivity index (χ1n) is 17.9. The van der Waals surface area contributed by atoms with E-state index in [1.807, 2.05) is 62.4 Å². The summed E-state index contributed by atoms with van der Waals surface area (Å²) >= 11 is 1.59. The van der Waals surface area contributed by atoms with Crippen molar-refractivity contribution < 1.29 is 21.5 Å². The van der Waals surface area contributed by atoms with Gasteiger partial charge in [-0.2, -0.15) is 0 Å². The Bertz CT molecular complexity index is 2550. The summed E-state index contributed by atoms with van der Waals surface area (Å²) < 4.78 is 12.0. The van der Waals surface area contributed by atoms with Crippen molar-refractivity contribution in [1.82, 2.24) is 14.5 Å². The molecule has 6 aromatic carbocycles. The van der Waals surface area contributed by atoms with Crippen LogP contribution in [0.3, 0.4) is 0 Å². The smallest absolute Gasteiger partial charge is 0.0774 e. The van der Waals surface area contributed by atoms with Gasteiger partial charge in [-0.1, -0.05) is 132 Å². The Balaban J connectivity index is 0.000000294. The van der Waals surface area contributed by atoms with Gasteiger partial charge in [-0.3, -0.25) is 16.3 Å². The molecule has 0 bridgehead atoms. The normalized spacial score (nSPS) is 11.4. The van der Waals surface area contributed by atoms with Gasteiger partial charge in [0.05, 0.1) is 22.5 Å². The summed E-state index contributed by atoms with van der Waals surface area (Å²) in [6.45, 7) is 6.03. The van der Waals surface area contributed by atoms with E-state index in [-0.39, 0.29) is 20.1 Å². The molecule has 0 amide bonds. The molecule has 9 rings (SSSR count). The first kappa shape index (κ1) is 34.6. The summed E-state index contributed by atoms with van der Waals surface area (Å²) in [5.41, 5.74) is 12.9. The van der Waals surface area contributed by atoms with Crippen LogP contribution >= 0.6 is 11.3 Å². The largest absolute Gasteiger partial charge is 0.332 e. The van der Waals surface area contributed by atoms with Crippen LogP contribution in [0.15, 0.2) is 164 Å². The van der Waals surface area contributed by atoms with E-state index in [4.69, 9.17) is 6.35 Å². The number of hydrogen-bond donors (Lipinski definition) is 0. The summed E-state index contributed by atoms with van der Waals surface area (Å²) in [7, 11) is 0. The molecule has 0 aliphatic heterocycles. The maximum atomic E-state index is 8.54. The van der Waals surface area contributed by atoms with Crippen molar-refractivity contribution in [3.63, 3.8) is 0 Å². The second-order valence-electron chi connectivity index (χ2n) is 13.0. The minimum absolute atomic E-state index is 0. The van der Waals surface area contributed by atoms with E-state index in [1.165, 1.54) is 5.56 Å². The number of hydrogen-bond acceptors (Lipinski definition) is 3. The number of para-hydroxylation sites is 2. The van der Waals surface area contributed by atoms with Crippen molar-refractivity contribution in [3.8, 4) is 50.6 Å². The molecule has 9 aromatic rings. The second kappa shape index (κ2) is 16.1. The fourth-order valence-corrected chi connectivity index (χ4v) is 7.52. The standard InChI is InChI=1S/C37H29N2S.C11H8N.Ir/c1-24(2)28-18-19-29-32(23-40-35(29)22-28)37-38-33-16-10-11-17-34(33)39(37)36-30(26-12-6-4-7-13-26)20-25(3)21-31(36)27-14-8-5-9-15-27;1-2-6-10(7-3-1)11-8-4-5-9-12-11;/h4-22,24H,1-3H3;1-6,8-9H;/q2*-1;/i24D;;. The van der Waals surface area contributed by atoms with E-state index in [0.717, 1.165) is 77.3 Å². The molecule has 0 fully saturated rings. The number of nitrogens with zero attached hydrogens (tertiary/aromatic N) is 3. The molecule has 3 nitrogen and oxygen atoms in total. The summed E-state index contributed by atoms with van der Waals surface area (Å²) in [4.78, 5) is 9.46. The average molecular weight is 881 g/mol. The summed E-state index contributed by atoms with van der Waals surface area (Å²) in [6, 6.07) is 57.4. The third kappa shape index (κ3) is 7.42. The molecule has 5 heteroatoms. The van der Waals surface area contributed by atoms with Crippen molar-refractivity contribution in [1.29, 1.82) is 0 Å². The zero-order valence-electron chi connectivity index (χ0n) is 30.7. The molecule has 0 unspecified atom stereocenters. The zero-order valence-corrected chi connectivity index (χ0v) is 32.9. The van der Waals surface area contributed by atoms with Crippen LogP contribution < -0.4 is 0 Å². The van der Waals surface area contributed by atoms with E-state index in [2.05, 4.69) is 137 Å². The second-order valence-corrected chi connectivity index (χ2v) is 13.8. The zero-order chi connectivity index (χ0) is 36.4. The van der Waals surface area contributed by atoms with Crippen molar-refractivity contribution >= 4 is 32.5 Å². The van der Waals surface area contributed by atoms with Crippen LogP contribution in [0.5, 0.6) is 0 Å². The number of fused-ring (bicyclic) bond motifs is 2. The number of aromatic nitrogens is 3. The average Bonchev–Trinajstić information content (AvgIpc) is 3.80. The van der Waals surface area contributed by atoms with Gasteiger partial charge >= 0.3 is 0 Å². The van der Waals surface area contributed by atoms with Crippen LogP contribution in [0.4, 0.5) is 0 Å². The third-order valence-electron chi connectivity index (χ3n) is 9.17. The van der Waals surface area contributed by atoms with E-state index in [9.17, 15) is 0 Å². The van der Waals surface area contributed by atoms with Crippen molar-refractivity contribution in [3.05, 3.63) is 186 Å². The van der Waals surface area contributed by atoms with Gasteiger partial charge in [-0.25, -0.2) is 0 Å². The van der Waals surface area contributed by atoms with Crippen molar-refractivity contribution in [2.75, 3.05) is 0 Å². The molecule has 0 atom stereocenters. The Kier molecular flexibility index (Phi) is 10.5. The first-order chi connectivity index (χ1) is 25.8. The molecule has 53 heavy (non-hydrogen) atoms. The fraction of sp³-hybridized carbons (Fsp3) is 0.0833. The van der Waals surface area contributed by atoms with Crippen LogP contribution in [0, 0.1) is 18.4 Å². The van der Waals surface area contributed by atoms with Gasteiger partial charge in [-0.05, 0) is 65.5 Å². The molecule has 3 heterocycles. The molecule has 261 valence electrons. The minimum Gasteiger partial charge on any atom is -0.332 e. The van der Waals surface area contributed by atoms with Crippen LogP contribution in [0.2, 0.25) is 0 Å². The Morgan fingerprint density at radius 3 is 2.02 bits per heavy atom. The molecule has 0 aliphatic carbocycles. The van der Waals surface area contributed by atoms with E-state index < -0.39 is 5.89 Å². The van der Waals surface area contributed by atoms with Crippen molar-refractivity contribution in [2.24, 2.45) is 0 Å². The first-order valence-corrected chi connectivity index (χ1v) is 18.2. The van der Waals surface area contributed by atoms with Gasteiger partial charge in [0.1, 0.15) is 0 Å². The predicted molar refractivity (Wildman–Crippen MR) is 219 cm³/mol. The summed E-state index contributed by atoms with van der Waals surface area (Å²) in [5.74, 6) is 0.205. The number of imidazole rings is 1. The Morgan fingerprint density at radius 1 is 0.717 bits per heavy atom. The van der Waals surface area contributed by atoms with E-state index in [0.29, 0.717) is 0 Å². The van der Waals surface area contributed by atoms with Gasteiger partial charge in [0.25, 0.3) is 0 Å². The number of benzene rings is 6. The minimum atomic E-state index is -0.664. The fourth-order valence-electron chi connectivity index (χ4n) is 6.64. The predicted octanol–water partition coefficient (Wildman–Crippen LogP) is 13.0. The van der Waals surface area contributed by atoms with E-state index >= 15 is 0 Å². The maximum absolute atomic E-state index is 8.54. The Morgan fingerprint density at radius 2 is 1.38 bits per heavy atom. The van der Waals surface area contributed by atoms with Crippen LogP contribution in [-0.2, 0) is 20.1 Å². The summed E-state index contributed by atoms with van der Waals surface area (Å²) in [5, 5.41) is 4.71. The summed E-state index contributed by atoms with van der Waals surface area (Å²) in [6.07, 6.45) is 1.79. The van der Waals surface area contributed by atoms with Crippen LogP contribution in [0.1, 0.15) is 32.2 Å². The quantitative estimate of drug-likeness (QED) is 0.156. The molecule has 0 saturated carbocycles. The molecule has 1 radical (unpaired) electrons. The molecular formula is C48H37IrN3S-2. The van der Waals surface area contributed by atoms with Gasteiger partial charge in [-0.15, -0.1) is 47.3 Å². The number of thiophene rings is 1. The third-order valence-corrected chi connectivity index (χ3v) is 10.0. The van der Waals surface area contributed by atoms with Gasteiger partial charge < -0.3 is 9.55 Å². The monoisotopic (exact) mass is 881 g/mol. The van der Waals surface area contributed by atoms with E-state index in [1.54, 1.807) is 17.5 Å². The number of rotatable bonds is 6. The van der Waals surface area contributed by atoms with Gasteiger partial charge in [0, 0.05) is 38.8 Å². The molecule has 0 saturated heterocycles. The number of aryl methyl sites for hydroxylation is 1. The number of pyridine rings is 1. The van der Waals surface area contributed by atoms with Gasteiger partial charge in [0.15, 0.2) is 0 Å². The maximum Gasteiger partial charge on any atom is 0.0774 e. The topological polar surface area (TPSA) is 30.7 Å². The Labute approximate surface area is 330 Å². The van der Waals surface area contributed by atoms with Crippen LogP contribution in [0.25, 0.3) is 71.7 Å². The molecule has 0 aliphatic rings. The molecule has 3 aromatic heterocycles.